The Balaban J connectivity index is 2.24. The van der Waals surface area contributed by atoms with Gasteiger partial charge in [0.2, 0.25) is 0 Å². The van der Waals surface area contributed by atoms with Crippen molar-refractivity contribution in [3.05, 3.63) is 9.61 Å². The molecule has 0 aromatic carbocycles. The van der Waals surface area contributed by atoms with Gasteiger partial charge in [0.25, 0.3) is 0 Å². The van der Waals surface area contributed by atoms with E-state index in [2.05, 4.69) is 55.5 Å². The lowest BCUT2D eigenvalue weighted by atomic mass is 9.89. The Hall–Kier alpha value is 0.0949. The maximum absolute atomic E-state index is 6.04. The monoisotopic (exact) mass is 331 g/mol. The lowest BCUT2D eigenvalue weighted by Crippen LogP contribution is -2.41. The summed E-state index contributed by atoms with van der Waals surface area (Å²) in [6.45, 7) is 10.4. The van der Waals surface area contributed by atoms with Gasteiger partial charge in [-0.3, -0.25) is 0 Å². The smallest absolute Gasteiger partial charge is 0.399 e. The Morgan fingerprint density at radius 3 is 2.28 bits per heavy atom. The molecular weight excluding hydrogens is 313 g/mol. The molecule has 2 heterocycles. The average Bonchev–Trinajstić information content (AvgIpc) is 2.66. The Morgan fingerprint density at radius 1 is 1.22 bits per heavy atom. The Kier molecular flexibility index (Phi) is 3.94. The minimum Gasteiger partial charge on any atom is -0.399 e. The maximum atomic E-state index is 6.04. The van der Waals surface area contributed by atoms with E-state index in [4.69, 9.17) is 9.31 Å². The summed E-state index contributed by atoms with van der Waals surface area (Å²) < 4.78 is 14.0. The minimum absolute atomic E-state index is 0.300. The highest BCUT2D eigenvalue weighted by molar-refractivity contribution is 9.10. The normalized spacial score (nSPS) is 21.6. The fraction of sp³-hybridized carbons (Fsp3) is 0.750. The summed E-state index contributed by atoms with van der Waals surface area (Å²) in [7, 11) is -0.313. The number of hydrogen-bond acceptors (Lipinski definition) is 4. The molecule has 1 aliphatic rings. The molecule has 0 unspecified atom stereocenters. The summed E-state index contributed by atoms with van der Waals surface area (Å²) in [6, 6.07) is 0. The molecule has 18 heavy (non-hydrogen) atoms. The van der Waals surface area contributed by atoms with Crippen molar-refractivity contribution in [1.29, 1.82) is 0 Å². The van der Waals surface area contributed by atoms with Gasteiger partial charge in [-0.15, -0.1) is 11.3 Å². The van der Waals surface area contributed by atoms with E-state index in [1.165, 1.54) is 0 Å². The highest BCUT2D eigenvalue weighted by Crippen LogP contribution is 2.37. The third kappa shape index (κ3) is 2.53. The predicted molar refractivity (Wildman–Crippen MR) is 79.5 cm³/mol. The molecule has 1 aromatic heterocycles. The zero-order chi connectivity index (χ0) is 13.6. The first-order chi connectivity index (χ1) is 8.27. The molecule has 0 amide bonds. The first kappa shape index (κ1) is 14.5. The van der Waals surface area contributed by atoms with Crippen molar-refractivity contribution in [3.8, 4) is 0 Å². The van der Waals surface area contributed by atoms with Crippen molar-refractivity contribution in [2.75, 3.05) is 0 Å². The predicted octanol–water partition coefficient (Wildman–Crippen LogP) is 3.16. The minimum atomic E-state index is -0.313. The summed E-state index contributed by atoms with van der Waals surface area (Å²) in [6.07, 6.45) is 2.10. The number of rotatable bonds is 3. The Morgan fingerprint density at radius 2 is 1.78 bits per heavy atom. The summed E-state index contributed by atoms with van der Waals surface area (Å²) in [4.78, 5) is 4.52. The Labute approximate surface area is 122 Å². The topological polar surface area (TPSA) is 31.4 Å². The third-order valence-electron chi connectivity index (χ3n) is 3.59. The quantitative estimate of drug-likeness (QED) is 0.797. The molecule has 1 saturated heterocycles. The van der Waals surface area contributed by atoms with Gasteiger partial charge in [-0.05, 0) is 56.5 Å². The zero-order valence-electron chi connectivity index (χ0n) is 11.5. The lowest BCUT2D eigenvalue weighted by Gasteiger charge is -2.32. The molecule has 0 bridgehead atoms. The number of halogens is 1. The summed E-state index contributed by atoms with van der Waals surface area (Å²) >= 11 is 5.19. The number of aromatic nitrogens is 1. The molecule has 0 saturated carbocycles. The van der Waals surface area contributed by atoms with E-state index in [9.17, 15) is 0 Å². The number of thiazole rings is 1. The number of hydrogen-bond donors (Lipinski definition) is 0. The van der Waals surface area contributed by atoms with Crippen molar-refractivity contribution in [2.24, 2.45) is 0 Å². The van der Waals surface area contributed by atoms with Crippen LogP contribution in [0.2, 0.25) is 0 Å². The van der Waals surface area contributed by atoms with Gasteiger partial charge in [0, 0.05) is 0 Å². The zero-order valence-corrected chi connectivity index (χ0v) is 13.9. The van der Waals surface area contributed by atoms with Crippen LogP contribution in [0.3, 0.4) is 0 Å². The van der Waals surface area contributed by atoms with Crippen LogP contribution in [0.1, 0.15) is 46.0 Å². The largest absolute Gasteiger partial charge is 0.508 e. The van der Waals surface area contributed by atoms with E-state index in [0.29, 0.717) is 0 Å². The molecule has 3 nitrogen and oxygen atoms in total. The van der Waals surface area contributed by atoms with Crippen molar-refractivity contribution in [2.45, 2.75) is 58.7 Å². The number of nitrogens with zero attached hydrogens (tertiary/aromatic N) is 1. The number of aryl methyl sites for hydroxylation is 1. The molecular formula is C12H19BBrNO2S. The molecule has 2 rings (SSSR count). The van der Waals surface area contributed by atoms with Gasteiger partial charge in [0.05, 0.1) is 21.0 Å². The van der Waals surface area contributed by atoms with Crippen LogP contribution in [0.15, 0.2) is 4.60 Å². The molecule has 0 aliphatic carbocycles. The van der Waals surface area contributed by atoms with Crippen LogP contribution in [-0.4, -0.2) is 23.3 Å². The maximum Gasteiger partial charge on any atom is 0.508 e. The summed E-state index contributed by atoms with van der Waals surface area (Å²) in [5, 5.41) is 1.13. The third-order valence-corrected chi connectivity index (χ3v) is 5.59. The van der Waals surface area contributed by atoms with Crippen molar-refractivity contribution >= 4 is 39.2 Å². The highest BCUT2D eigenvalue weighted by Gasteiger charge is 2.53. The van der Waals surface area contributed by atoms with Gasteiger partial charge < -0.3 is 9.31 Å². The second kappa shape index (κ2) is 4.89. The SMILES string of the molecule is CCCc1nc(Br)c(B2OC(C)(C)C(C)(C)O2)s1. The van der Waals surface area contributed by atoms with E-state index in [-0.39, 0.29) is 18.3 Å². The van der Waals surface area contributed by atoms with Gasteiger partial charge in [-0.25, -0.2) is 4.98 Å². The standard InChI is InChI=1S/C12H19BBrNO2S/c1-6-7-8-15-10(14)9(18-8)13-16-11(2,3)12(4,5)17-13/h6-7H2,1-5H3. The van der Waals surface area contributed by atoms with E-state index in [0.717, 1.165) is 27.2 Å². The summed E-state index contributed by atoms with van der Waals surface area (Å²) in [5.41, 5.74) is -0.599. The van der Waals surface area contributed by atoms with Crippen LogP contribution >= 0.6 is 27.3 Å². The molecule has 1 fully saturated rings. The van der Waals surface area contributed by atoms with Crippen LogP contribution in [-0.2, 0) is 15.7 Å². The van der Waals surface area contributed by atoms with Crippen LogP contribution in [0.4, 0.5) is 0 Å². The van der Waals surface area contributed by atoms with Gasteiger partial charge in [-0.2, -0.15) is 0 Å². The van der Waals surface area contributed by atoms with Gasteiger partial charge in [-0.1, -0.05) is 6.92 Å². The van der Waals surface area contributed by atoms with Crippen LogP contribution in [0.25, 0.3) is 0 Å². The first-order valence-electron chi connectivity index (χ1n) is 6.27. The molecule has 6 heteroatoms. The van der Waals surface area contributed by atoms with Crippen molar-refractivity contribution < 1.29 is 9.31 Å². The van der Waals surface area contributed by atoms with Crippen molar-refractivity contribution in [1.82, 2.24) is 4.98 Å². The summed E-state index contributed by atoms with van der Waals surface area (Å²) in [5.74, 6) is 0. The van der Waals surface area contributed by atoms with Crippen molar-refractivity contribution in [3.63, 3.8) is 0 Å². The van der Waals surface area contributed by atoms with Crippen LogP contribution < -0.4 is 4.78 Å². The molecule has 100 valence electrons. The molecule has 1 aromatic rings. The lowest BCUT2D eigenvalue weighted by molar-refractivity contribution is 0.00578. The fourth-order valence-electron chi connectivity index (χ4n) is 1.77. The molecule has 0 spiro atoms. The highest BCUT2D eigenvalue weighted by atomic mass is 79.9. The fourth-order valence-corrected chi connectivity index (χ4v) is 3.55. The molecule has 0 N–H and O–H groups in total. The first-order valence-corrected chi connectivity index (χ1v) is 7.88. The van der Waals surface area contributed by atoms with Crippen LogP contribution in [0, 0.1) is 0 Å². The Bertz CT molecular complexity index is 431. The van der Waals surface area contributed by atoms with E-state index in [1.807, 2.05) is 0 Å². The van der Waals surface area contributed by atoms with Gasteiger partial charge in [0.15, 0.2) is 0 Å². The molecule has 1 aliphatic heterocycles. The van der Waals surface area contributed by atoms with E-state index in [1.54, 1.807) is 11.3 Å². The van der Waals surface area contributed by atoms with Crippen LogP contribution in [0.5, 0.6) is 0 Å². The molecule has 0 radical (unpaired) electrons. The molecule has 0 atom stereocenters. The average molecular weight is 332 g/mol. The van der Waals surface area contributed by atoms with E-state index >= 15 is 0 Å². The van der Waals surface area contributed by atoms with E-state index < -0.39 is 0 Å². The van der Waals surface area contributed by atoms with Gasteiger partial charge in [0.1, 0.15) is 4.60 Å². The second-order valence-electron chi connectivity index (χ2n) is 5.60. The second-order valence-corrected chi connectivity index (χ2v) is 7.47. The van der Waals surface area contributed by atoms with Gasteiger partial charge >= 0.3 is 7.12 Å².